The van der Waals surface area contributed by atoms with Gasteiger partial charge in [0, 0.05) is 17.2 Å². The zero-order valence-electron chi connectivity index (χ0n) is 10.1. The summed E-state index contributed by atoms with van der Waals surface area (Å²) in [5.74, 6) is -0.177. The van der Waals surface area contributed by atoms with Gasteiger partial charge in [-0.2, -0.15) is 0 Å². The first-order valence-corrected chi connectivity index (χ1v) is 7.01. The standard InChI is InChI=1S/C13H11Br2NO3/c1-19-10-2-3-11(14)8(4-10)6-16-7-9(13(17)18)5-12(16)15/h2-5,7H,6H2,1H3,(H,17,18). The van der Waals surface area contributed by atoms with E-state index in [2.05, 4.69) is 31.9 Å². The maximum atomic E-state index is 10.9. The van der Waals surface area contributed by atoms with E-state index in [1.165, 1.54) is 0 Å². The Labute approximate surface area is 127 Å². The first kappa shape index (κ1) is 14.1. The highest BCUT2D eigenvalue weighted by Crippen LogP contribution is 2.25. The molecule has 0 radical (unpaired) electrons. The van der Waals surface area contributed by atoms with Crippen LogP contribution in [0.5, 0.6) is 5.75 Å². The molecule has 0 spiro atoms. The van der Waals surface area contributed by atoms with Crippen LogP contribution in [0.2, 0.25) is 0 Å². The predicted octanol–water partition coefficient (Wildman–Crippen LogP) is 3.77. The van der Waals surface area contributed by atoms with E-state index < -0.39 is 5.97 Å². The molecule has 4 nitrogen and oxygen atoms in total. The van der Waals surface area contributed by atoms with Crippen LogP contribution in [0.3, 0.4) is 0 Å². The molecule has 0 aliphatic rings. The number of carboxylic acids is 1. The Balaban J connectivity index is 2.33. The van der Waals surface area contributed by atoms with Crippen molar-refractivity contribution in [2.75, 3.05) is 7.11 Å². The molecule has 0 atom stereocenters. The molecule has 0 saturated carbocycles. The van der Waals surface area contributed by atoms with Gasteiger partial charge in [0.05, 0.1) is 17.3 Å². The van der Waals surface area contributed by atoms with Gasteiger partial charge < -0.3 is 14.4 Å². The number of aromatic nitrogens is 1. The quantitative estimate of drug-likeness (QED) is 0.867. The Kier molecular flexibility index (Phi) is 4.31. The van der Waals surface area contributed by atoms with Crippen molar-refractivity contribution in [2.45, 2.75) is 6.54 Å². The van der Waals surface area contributed by atoms with Gasteiger partial charge in [0.15, 0.2) is 0 Å². The van der Waals surface area contributed by atoms with E-state index in [1.807, 2.05) is 22.8 Å². The molecule has 1 heterocycles. The SMILES string of the molecule is COc1ccc(Br)c(Cn2cc(C(=O)O)cc2Br)c1. The highest BCUT2D eigenvalue weighted by atomic mass is 79.9. The molecule has 2 aromatic rings. The number of ether oxygens (including phenoxy) is 1. The maximum absolute atomic E-state index is 10.9. The third-order valence-electron chi connectivity index (χ3n) is 2.68. The number of aromatic carboxylic acids is 1. The molecule has 1 N–H and O–H groups in total. The molecule has 1 aromatic heterocycles. The molecule has 19 heavy (non-hydrogen) atoms. The van der Waals surface area contributed by atoms with Gasteiger partial charge in [-0.05, 0) is 45.8 Å². The summed E-state index contributed by atoms with van der Waals surface area (Å²) in [6.07, 6.45) is 1.60. The lowest BCUT2D eigenvalue weighted by molar-refractivity contribution is 0.0697. The average molecular weight is 389 g/mol. The minimum Gasteiger partial charge on any atom is -0.497 e. The minimum atomic E-state index is -0.941. The van der Waals surface area contributed by atoms with E-state index in [9.17, 15) is 4.79 Å². The first-order valence-electron chi connectivity index (χ1n) is 5.42. The number of nitrogens with zero attached hydrogens (tertiary/aromatic N) is 1. The minimum absolute atomic E-state index is 0.255. The number of hydrogen-bond acceptors (Lipinski definition) is 2. The fourth-order valence-electron chi connectivity index (χ4n) is 1.70. The number of halogens is 2. The van der Waals surface area contributed by atoms with Gasteiger partial charge in [0.2, 0.25) is 0 Å². The van der Waals surface area contributed by atoms with E-state index in [1.54, 1.807) is 19.4 Å². The van der Waals surface area contributed by atoms with Gasteiger partial charge in [-0.25, -0.2) is 4.79 Å². The van der Waals surface area contributed by atoms with E-state index in [0.717, 1.165) is 20.4 Å². The van der Waals surface area contributed by atoms with Crippen LogP contribution in [0.4, 0.5) is 0 Å². The predicted molar refractivity (Wildman–Crippen MR) is 78.9 cm³/mol. The monoisotopic (exact) mass is 387 g/mol. The number of hydrogen-bond donors (Lipinski definition) is 1. The summed E-state index contributed by atoms with van der Waals surface area (Å²) in [6.45, 7) is 0.547. The van der Waals surface area contributed by atoms with Crippen LogP contribution in [0.25, 0.3) is 0 Å². The lowest BCUT2D eigenvalue weighted by Gasteiger charge is -2.09. The lowest BCUT2D eigenvalue weighted by atomic mass is 10.2. The average Bonchev–Trinajstić information content (AvgIpc) is 2.74. The summed E-state index contributed by atoms with van der Waals surface area (Å²) >= 11 is 6.83. The van der Waals surface area contributed by atoms with Crippen LogP contribution in [0.1, 0.15) is 15.9 Å². The molecule has 0 saturated heterocycles. The molecular weight excluding hydrogens is 378 g/mol. The van der Waals surface area contributed by atoms with Crippen molar-refractivity contribution in [3.8, 4) is 5.75 Å². The van der Waals surface area contributed by atoms with Crippen LogP contribution in [0, 0.1) is 0 Å². The third kappa shape index (κ3) is 3.19. The zero-order valence-corrected chi connectivity index (χ0v) is 13.2. The molecule has 0 aliphatic heterocycles. The number of carboxylic acid groups (broad SMARTS) is 1. The lowest BCUT2D eigenvalue weighted by Crippen LogP contribution is -2.00. The highest BCUT2D eigenvalue weighted by molar-refractivity contribution is 9.10. The van der Waals surface area contributed by atoms with E-state index in [-0.39, 0.29) is 5.56 Å². The van der Waals surface area contributed by atoms with Gasteiger partial charge >= 0.3 is 5.97 Å². The Morgan fingerprint density at radius 3 is 2.68 bits per heavy atom. The Morgan fingerprint density at radius 2 is 2.11 bits per heavy atom. The molecule has 1 aromatic carbocycles. The fraction of sp³-hybridized carbons (Fsp3) is 0.154. The number of methoxy groups -OCH3 is 1. The molecule has 0 bridgehead atoms. The van der Waals surface area contributed by atoms with Crippen LogP contribution in [0.15, 0.2) is 39.5 Å². The third-order valence-corrected chi connectivity index (χ3v) is 4.14. The van der Waals surface area contributed by atoms with Crippen LogP contribution in [-0.2, 0) is 6.54 Å². The number of rotatable bonds is 4. The Bertz CT molecular complexity index is 622. The molecular formula is C13H11Br2NO3. The second-order valence-corrected chi connectivity index (χ2v) is 5.61. The molecule has 0 fully saturated rings. The van der Waals surface area contributed by atoms with Gasteiger partial charge in [0.25, 0.3) is 0 Å². The van der Waals surface area contributed by atoms with Gasteiger partial charge in [-0.15, -0.1) is 0 Å². The summed E-state index contributed by atoms with van der Waals surface area (Å²) in [7, 11) is 1.61. The van der Waals surface area contributed by atoms with Crippen molar-refractivity contribution in [1.29, 1.82) is 0 Å². The maximum Gasteiger partial charge on any atom is 0.337 e. The summed E-state index contributed by atoms with van der Waals surface area (Å²) in [6, 6.07) is 7.26. The van der Waals surface area contributed by atoms with Crippen molar-refractivity contribution >= 4 is 37.8 Å². The summed E-state index contributed by atoms with van der Waals surface area (Å²) in [5, 5.41) is 8.96. The van der Waals surface area contributed by atoms with Crippen molar-refractivity contribution in [1.82, 2.24) is 4.57 Å². The number of carbonyl (C=O) groups is 1. The molecule has 0 amide bonds. The van der Waals surface area contributed by atoms with Crippen molar-refractivity contribution in [2.24, 2.45) is 0 Å². The zero-order chi connectivity index (χ0) is 14.0. The first-order chi connectivity index (χ1) is 9.01. The summed E-state index contributed by atoms with van der Waals surface area (Å²) in [5.41, 5.74) is 1.26. The van der Waals surface area contributed by atoms with Crippen molar-refractivity contribution in [3.63, 3.8) is 0 Å². The van der Waals surface area contributed by atoms with E-state index >= 15 is 0 Å². The number of benzene rings is 1. The normalized spacial score (nSPS) is 10.5. The topological polar surface area (TPSA) is 51.5 Å². The van der Waals surface area contributed by atoms with Crippen LogP contribution < -0.4 is 4.74 Å². The molecule has 2 rings (SSSR count). The van der Waals surface area contributed by atoms with E-state index in [4.69, 9.17) is 9.84 Å². The van der Waals surface area contributed by atoms with Crippen molar-refractivity contribution < 1.29 is 14.6 Å². The van der Waals surface area contributed by atoms with E-state index in [0.29, 0.717) is 6.54 Å². The highest BCUT2D eigenvalue weighted by Gasteiger charge is 2.11. The van der Waals surface area contributed by atoms with Crippen LogP contribution in [-0.4, -0.2) is 22.8 Å². The molecule has 0 aliphatic carbocycles. The fourth-order valence-corrected chi connectivity index (χ4v) is 2.55. The van der Waals surface area contributed by atoms with Crippen LogP contribution >= 0.6 is 31.9 Å². The van der Waals surface area contributed by atoms with Gasteiger partial charge in [-0.3, -0.25) is 0 Å². The smallest absolute Gasteiger partial charge is 0.337 e. The Morgan fingerprint density at radius 1 is 1.37 bits per heavy atom. The molecule has 6 heteroatoms. The summed E-state index contributed by atoms with van der Waals surface area (Å²) < 4.78 is 8.68. The molecule has 100 valence electrons. The van der Waals surface area contributed by atoms with Crippen molar-refractivity contribution in [3.05, 3.63) is 50.7 Å². The second kappa shape index (κ2) is 5.79. The second-order valence-electron chi connectivity index (χ2n) is 3.94. The van der Waals surface area contributed by atoms with Gasteiger partial charge in [-0.1, -0.05) is 15.9 Å². The molecule has 0 unspecified atom stereocenters. The summed E-state index contributed by atoms with van der Waals surface area (Å²) in [4.78, 5) is 10.9. The largest absolute Gasteiger partial charge is 0.497 e. The Hall–Kier alpha value is -1.27. The van der Waals surface area contributed by atoms with Gasteiger partial charge in [0.1, 0.15) is 5.75 Å².